The van der Waals surface area contributed by atoms with Gasteiger partial charge in [0.2, 0.25) is 5.91 Å². The first-order valence-corrected chi connectivity index (χ1v) is 6.29. The first-order chi connectivity index (χ1) is 7.22. The van der Waals surface area contributed by atoms with Gasteiger partial charge in [0, 0.05) is 12.1 Å². The summed E-state index contributed by atoms with van der Waals surface area (Å²) < 4.78 is 0. The fourth-order valence-corrected chi connectivity index (χ4v) is 2.26. The van der Waals surface area contributed by atoms with E-state index in [0.29, 0.717) is 0 Å². The Bertz CT molecular complexity index is 253. The van der Waals surface area contributed by atoms with E-state index >= 15 is 0 Å². The summed E-state index contributed by atoms with van der Waals surface area (Å²) in [5, 5.41) is 3.03. The Kier molecular flexibility index (Phi) is 4.00. The number of hydrogen-bond acceptors (Lipinski definition) is 2. The summed E-state index contributed by atoms with van der Waals surface area (Å²) in [5.74, 6) is 0.128. The Labute approximate surface area is 99.2 Å². The predicted molar refractivity (Wildman–Crippen MR) is 67.0 cm³/mol. The van der Waals surface area contributed by atoms with Crippen LogP contribution in [0.4, 0.5) is 0 Å². The van der Waals surface area contributed by atoms with Gasteiger partial charge < -0.3 is 11.1 Å². The standard InChI is InChI=1S/C13H26N2O/c1-12(2,3)9-15-11(16)10-7-5-6-8-13(10,4)14/h10H,5-9,14H2,1-4H3,(H,15,16). The Morgan fingerprint density at radius 1 is 1.44 bits per heavy atom. The van der Waals surface area contributed by atoms with Crippen LogP contribution in [0.5, 0.6) is 0 Å². The van der Waals surface area contributed by atoms with Crippen LogP contribution in [0.25, 0.3) is 0 Å². The van der Waals surface area contributed by atoms with Gasteiger partial charge in [-0.25, -0.2) is 0 Å². The highest BCUT2D eigenvalue weighted by atomic mass is 16.1. The summed E-state index contributed by atoms with van der Waals surface area (Å²) in [6, 6.07) is 0. The Morgan fingerprint density at radius 2 is 2.06 bits per heavy atom. The molecule has 3 nitrogen and oxygen atoms in total. The summed E-state index contributed by atoms with van der Waals surface area (Å²) in [6.07, 6.45) is 4.17. The van der Waals surface area contributed by atoms with Crippen molar-refractivity contribution in [1.29, 1.82) is 0 Å². The smallest absolute Gasteiger partial charge is 0.224 e. The molecule has 1 aliphatic rings. The molecule has 3 N–H and O–H groups in total. The topological polar surface area (TPSA) is 55.1 Å². The van der Waals surface area contributed by atoms with Crippen LogP contribution in [0.15, 0.2) is 0 Å². The highest BCUT2D eigenvalue weighted by Crippen LogP contribution is 2.31. The molecule has 16 heavy (non-hydrogen) atoms. The molecule has 0 heterocycles. The van der Waals surface area contributed by atoms with Crippen LogP contribution in [0.3, 0.4) is 0 Å². The molecular formula is C13H26N2O. The molecule has 94 valence electrons. The molecule has 2 atom stereocenters. The maximum absolute atomic E-state index is 12.1. The third kappa shape index (κ3) is 3.78. The molecule has 0 aliphatic heterocycles. The van der Waals surface area contributed by atoms with E-state index in [-0.39, 0.29) is 22.8 Å². The maximum atomic E-state index is 12.1. The molecule has 0 spiro atoms. The van der Waals surface area contributed by atoms with Crippen LogP contribution in [0.2, 0.25) is 0 Å². The van der Waals surface area contributed by atoms with Crippen LogP contribution in [0, 0.1) is 11.3 Å². The van der Waals surface area contributed by atoms with Crippen molar-refractivity contribution in [3.05, 3.63) is 0 Å². The quantitative estimate of drug-likeness (QED) is 0.757. The lowest BCUT2D eigenvalue weighted by Gasteiger charge is -2.37. The molecule has 0 bridgehead atoms. The molecule has 1 aliphatic carbocycles. The largest absolute Gasteiger partial charge is 0.355 e. The van der Waals surface area contributed by atoms with Crippen LogP contribution in [0.1, 0.15) is 53.4 Å². The van der Waals surface area contributed by atoms with E-state index in [1.165, 1.54) is 0 Å². The van der Waals surface area contributed by atoms with Gasteiger partial charge in [0.1, 0.15) is 0 Å². The zero-order chi connectivity index (χ0) is 12.4. The van der Waals surface area contributed by atoms with Crippen LogP contribution >= 0.6 is 0 Å². The Morgan fingerprint density at radius 3 is 2.56 bits per heavy atom. The number of nitrogens with two attached hydrogens (primary N) is 1. The van der Waals surface area contributed by atoms with Crippen molar-refractivity contribution in [2.24, 2.45) is 17.1 Å². The molecular weight excluding hydrogens is 200 g/mol. The SMILES string of the molecule is CC(C)(C)CNC(=O)C1CCCCC1(C)N. The average Bonchev–Trinajstić information content (AvgIpc) is 2.12. The molecule has 0 aromatic rings. The second-order valence-corrected chi connectivity index (χ2v) is 6.58. The van der Waals surface area contributed by atoms with E-state index in [2.05, 4.69) is 26.1 Å². The van der Waals surface area contributed by atoms with Crippen molar-refractivity contribution >= 4 is 5.91 Å². The molecule has 0 aromatic carbocycles. The van der Waals surface area contributed by atoms with Gasteiger partial charge in [-0.2, -0.15) is 0 Å². The number of carbonyl (C=O) groups is 1. The van der Waals surface area contributed by atoms with Gasteiger partial charge >= 0.3 is 0 Å². The van der Waals surface area contributed by atoms with E-state index in [1.807, 2.05) is 6.92 Å². The number of amides is 1. The highest BCUT2D eigenvalue weighted by molar-refractivity contribution is 5.80. The normalized spacial score (nSPS) is 31.2. The lowest BCUT2D eigenvalue weighted by atomic mass is 9.74. The molecule has 0 aromatic heterocycles. The van der Waals surface area contributed by atoms with Crippen molar-refractivity contribution in [1.82, 2.24) is 5.32 Å². The van der Waals surface area contributed by atoms with Crippen molar-refractivity contribution in [3.63, 3.8) is 0 Å². The van der Waals surface area contributed by atoms with Crippen molar-refractivity contribution < 1.29 is 4.79 Å². The molecule has 2 unspecified atom stereocenters. The molecule has 1 fully saturated rings. The van der Waals surface area contributed by atoms with Crippen molar-refractivity contribution in [2.75, 3.05) is 6.54 Å². The maximum Gasteiger partial charge on any atom is 0.224 e. The Balaban J connectivity index is 2.52. The van der Waals surface area contributed by atoms with Gasteiger partial charge in [-0.1, -0.05) is 33.6 Å². The minimum absolute atomic E-state index is 0.0106. The fraction of sp³-hybridized carbons (Fsp3) is 0.923. The first-order valence-electron chi connectivity index (χ1n) is 6.29. The fourth-order valence-electron chi connectivity index (χ4n) is 2.26. The van der Waals surface area contributed by atoms with Gasteiger partial charge in [-0.3, -0.25) is 4.79 Å². The average molecular weight is 226 g/mol. The summed E-state index contributed by atoms with van der Waals surface area (Å²) >= 11 is 0. The summed E-state index contributed by atoms with van der Waals surface area (Å²) in [6.45, 7) is 9.09. The molecule has 1 saturated carbocycles. The van der Waals surface area contributed by atoms with Gasteiger partial charge in [0.05, 0.1) is 5.92 Å². The summed E-state index contributed by atoms with van der Waals surface area (Å²) in [7, 11) is 0. The highest BCUT2D eigenvalue weighted by Gasteiger charge is 2.37. The predicted octanol–water partition coefficient (Wildman–Crippen LogP) is 2.06. The minimum atomic E-state index is -0.319. The van der Waals surface area contributed by atoms with Gasteiger partial charge in [-0.05, 0) is 25.2 Å². The number of rotatable bonds is 2. The van der Waals surface area contributed by atoms with E-state index in [4.69, 9.17) is 5.73 Å². The van der Waals surface area contributed by atoms with Crippen LogP contribution in [-0.4, -0.2) is 18.0 Å². The summed E-state index contributed by atoms with van der Waals surface area (Å²) in [4.78, 5) is 12.1. The lowest BCUT2D eigenvalue weighted by molar-refractivity contribution is -0.128. The molecule has 0 radical (unpaired) electrons. The van der Waals surface area contributed by atoms with E-state index in [0.717, 1.165) is 32.2 Å². The van der Waals surface area contributed by atoms with Crippen molar-refractivity contribution in [2.45, 2.75) is 58.9 Å². The van der Waals surface area contributed by atoms with E-state index < -0.39 is 0 Å². The number of nitrogens with one attached hydrogen (secondary N) is 1. The third-order valence-electron chi connectivity index (χ3n) is 3.36. The molecule has 0 saturated heterocycles. The second-order valence-electron chi connectivity index (χ2n) is 6.58. The molecule has 1 rings (SSSR count). The minimum Gasteiger partial charge on any atom is -0.355 e. The third-order valence-corrected chi connectivity index (χ3v) is 3.36. The number of hydrogen-bond donors (Lipinski definition) is 2. The molecule has 3 heteroatoms. The van der Waals surface area contributed by atoms with Gasteiger partial charge in [0.25, 0.3) is 0 Å². The summed E-state index contributed by atoms with van der Waals surface area (Å²) in [5.41, 5.74) is 6.02. The monoisotopic (exact) mass is 226 g/mol. The lowest BCUT2D eigenvalue weighted by Crippen LogP contribution is -2.53. The van der Waals surface area contributed by atoms with Crippen molar-refractivity contribution in [3.8, 4) is 0 Å². The molecule has 1 amide bonds. The van der Waals surface area contributed by atoms with E-state index in [9.17, 15) is 4.79 Å². The van der Waals surface area contributed by atoms with Gasteiger partial charge in [-0.15, -0.1) is 0 Å². The van der Waals surface area contributed by atoms with Crippen LogP contribution in [-0.2, 0) is 4.79 Å². The van der Waals surface area contributed by atoms with E-state index in [1.54, 1.807) is 0 Å². The van der Waals surface area contributed by atoms with Gasteiger partial charge in [0.15, 0.2) is 0 Å². The first kappa shape index (κ1) is 13.5. The van der Waals surface area contributed by atoms with Crippen LogP contribution < -0.4 is 11.1 Å². The number of carbonyl (C=O) groups excluding carboxylic acids is 1. The second kappa shape index (κ2) is 4.74. The Hall–Kier alpha value is -0.570. The zero-order valence-corrected chi connectivity index (χ0v) is 11.1. The zero-order valence-electron chi connectivity index (χ0n) is 11.1.